The molecule has 11 heavy (non-hydrogen) atoms. The summed E-state index contributed by atoms with van der Waals surface area (Å²) in [7, 11) is 0. The summed E-state index contributed by atoms with van der Waals surface area (Å²) in [5, 5.41) is 12.3. The first-order valence-corrected chi connectivity index (χ1v) is 3.14. The van der Waals surface area contributed by atoms with E-state index in [1.54, 1.807) is 0 Å². The number of hydrogen-bond donors (Lipinski definition) is 3. The second kappa shape index (κ2) is 3.67. The third kappa shape index (κ3) is 2.34. The molecule has 6 nitrogen and oxygen atoms in total. The van der Waals surface area contributed by atoms with E-state index in [0.717, 1.165) is 0 Å². The van der Waals surface area contributed by atoms with Gasteiger partial charge in [-0.15, -0.1) is 0 Å². The Morgan fingerprint density at radius 2 is 2.64 bits per heavy atom. The van der Waals surface area contributed by atoms with Gasteiger partial charge in [0.25, 0.3) is 0 Å². The lowest BCUT2D eigenvalue weighted by molar-refractivity contribution is -0.119. The fourth-order valence-electron chi connectivity index (χ4n) is 0.572. The number of rotatable bonds is 3. The van der Waals surface area contributed by atoms with Crippen molar-refractivity contribution in [3.63, 3.8) is 0 Å². The Labute approximate surface area is 63.2 Å². The van der Waals surface area contributed by atoms with Gasteiger partial charge >= 0.3 is 0 Å². The van der Waals surface area contributed by atoms with Crippen LogP contribution in [0, 0.1) is 0 Å². The number of nitrogens with one attached hydrogen (secondary N) is 2. The molecular formula is C5H9N5O. The van der Waals surface area contributed by atoms with Crippen molar-refractivity contribution < 1.29 is 4.79 Å². The van der Waals surface area contributed by atoms with Crippen LogP contribution in [0.15, 0.2) is 6.20 Å². The SMILES string of the molecule is NCC(=O)NCc1cn[nH]n1. The Bertz CT molecular complexity index is 219. The third-order valence-corrected chi connectivity index (χ3v) is 1.12. The Hall–Kier alpha value is -1.43. The Kier molecular flexibility index (Phi) is 2.56. The molecule has 6 heteroatoms. The molecule has 1 aromatic heterocycles. The second-order valence-corrected chi connectivity index (χ2v) is 1.94. The van der Waals surface area contributed by atoms with Crippen molar-refractivity contribution in [1.82, 2.24) is 20.7 Å². The average Bonchev–Trinajstić information content (AvgIpc) is 2.52. The molecule has 1 rings (SSSR count). The molecule has 0 radical (unpaired) electrons. The maximum Gasteiger partial charge on any atom is 0.234 e. The van der Waals surface area contributed by atoms with Crippen molar-refractivity contribution >= 4 is 5.91 Å². The minimum Gasteiger partial charge on any atom is -0.349 e. The number of carbonyl (C=O) groups is 1. The maximum atomic E-state index is 10.6. The highest BCUT2D eigenvalue weighted by atomic mass is 16.1. The van der Waals surface area contributed by atoms with E-state index in [1.807, 2.05) is 0 Å². The summed E-state index contributed by atoms with van der Waals surface area (Å²) in [6.45, 7) is 0.365. The van der Waals surface area contributed by atoms with E-state index < -0.39 is 0 Å². The van der Waals surface area contributed by atoms with Crippen LogP contribution in [0.3, 0.4) is 0 Å². The molecule has 0 bridgehead atoms. The van der Waals surface area contributed by atoms with Crippen LogP contribution in [0.1, 0.15) is 5.69 Å². The molecule has 1 aromatic rings. The quantitative estimate of drug-likeness (QED) is 0.488. The van der Waals surface area contributed by atoms with Crippen molar-refractivity contribution in [3.8, 4) is 0 Å². The topological polar surface area (TPSA) is 96.7 Å². The summed E-state index contributed by atoms with van der Waals surface area (Å²) in [6, 6.07) is 0. The minimum atomic E-state index is -0.201. The van der Waals surface area contributed by atoms with E-state index in [9.17, 15) is 4.79 Å². The van der Waals surface area contributed by atoms with Gasteiger partial charge in [0.1, 0.15) is 5.69 Å². The lowest BCUT2D eigenvalue weighted by atomic mass is 10.4. The van der Waals surface area contributed by atoms with Gasteiger partial charge in [0.15, 0.2) is 0 Å². The van der Waals surface area contributed by atoms with Gasteiger partial charge in [0.2, 0.25) is 5.91 Å². The molecule has 0 aromatic carbocycles. The van der Waals surface area contributed by atoms with Gasteiger partial charge in [-0.2, -0.15) is 15.4 Å². The lowest BCUT2D eigenvalue weighted by Crippen LogP contribution is -2.29. The summed E-state index contributed by atoms with van der Waals surface area (Å²) < 4.78 is 0. The van der Waals surface area contributed by atoms with Crippen molar-refractivity contribution in [3.05, 3.63) is 11.9 Å². The normalized spacial score (nSPS) is 9.55. The molecule has 0 fully saturated rings. The van der Waals surface area contributed by atoms with E-state index in [0.29, 0.717) is 12.2 Å². The first-order chi connectivity index (χ1) is 5.33. The number of aromatic amines is 1. The highest BCUT2D eigenvalue weighted by molar-refractivity contribution is 5.77. The number of nitrogens with two attached hydrogens (primary N) is 1. The number of nitrogens with zero attached hydrogens (tertiary/aromatic N) is 2. The monoisotopic (exact) mass is 155 g/mol. The van der Waals surface area contributed by atoms with Crippen LogP contribution < -0.4 is 11.1 Å². The second-order valence-electron chi connectivity index (χ2n) is 1.94. The number of hydrogen-bond acceptors (Lipinski definition) is 4. The Balaban J connectivity index is 2.29. The summed E-state index contributed by atoms with van der Waals surface area (Å²) in [6.07, 6.45) is 1.54. The van der Waals surface area contributed by atoms with Gasteiger partial charge < -0.3 is 11.1 Å². The van der Waals surface area contributed by atoms with E-state index in [4.69, 9.17) is 5.73 Å². The molecule has 0 aliphatic carbocycles. The largest absolute Gasteiger partial charge is 0.349 e. The zero-order chi connectivity index (χ0) is 8.10. The van der Waals surface area contributed by atoms with E-state index >= 15 is 0 Å². The molecule has 0 spiro atoms. The molecule has 0 aliphatic heterocycles. The van der Waals surface area contributed by atoms with Crippen LogP contribution in [0.5, 0.6) is 0 Å². The van der Waals surface area contributed by atoms with Crippen LogP contribution in [0.4, 0.5) is 0 Å². The molecule has 0 aliphatic rings. The predicted molar refractivity (Wildman–Crippen MR) is 37.3 cm³/mol. The van der Waals surface area contributed by atoms with Gasteiger partial charge in [-0.25, -0.2) is 0 Å². The smallest absolute Gasteiger partial charge is 0.234 e. The van der Waals surface area contributed by atoms with Gasteiger partial charge in [-0.3, -0.25) is 4.79 Å². The molecule has 1 amide bonds. The van der Waals surface area contributed by atoms with Crippen molar-refractivity contribution in [2.75, 3.05) is 6.54 Å². The van der Waals surface area contributed by atoms with E-state index in [2.05, 4.69) is 20.7 Å². The molecular weight excluding hydrogens is 146 g/mol. The van der Waals surface area contributed by atoms with Crippen LogP contribution in [-0.2, 0) is 11.3 Å². The number of carbonyl (C=O) groups excluding carboxylic acids is 1. The van der Waals surface area contributed by atoms with E-state index in [-0.39, 0.29) is 12.5 Å². The fraction of sp³-hybridized carbons (Fsp3) is 0.400. The standard InChI is InChI=1S/C5H9N5O/c6-1-5(11)7-2-4-3-8-10-9-4/h3H,1-2,6H2,(H,7,11)(H,8,9,10). The fourth-order valence-corrected chi connectivity index (χ4v) is 0.572. The summed E-state index contributed by atoms with van der Waals surface area (Å²) in [4.78, 5) is 10.6. The number of amides is 1. The van der Waals surface area contributed by atoms with E-state index in [1.165, 1.54) is 6.20 Å². The van der Waals surface area contributed by atoms with Crippen LogP contribution in [0.25, 0.3) is 0 Å². The first kappa shape index (κ1) is 7.67. The predicted octanol–water partition coefficient (Wildman–Crippen LogP) is -1.62. The molecule has 4 N–H and O–H groups in total. The summed E-state index contributed by atoms with van der Waals surface area (Å²) in [5.41, 5.74) is 5.74. The van der Waals surface area contributed by atoms with Crippen molar-refractivity contribution in [2.45, 2.75) is 6.54 Å². The molecule has 0 saturated heterocycles. The van der Waals surface area contributed by atoms with Gasteiger partial charge in [-0.05, 0) is 0 Å². The number of H-pyrrole nitrogens is 1. The summed E-state index contributed by atoms with van der Waals surface area (Å²) in [5.74, 6) is -0.201. The third-order valence-electron chi connectivity index (χ3n) is 1.12. The molecule has 60 valence electrons. The highest BCUT2D eigenvalue weighted by Crippen LogP contribution is 1.85. The first-order valence-electron chi connectivity index (χ1n) is 3.14. The highest BCUT2D eigenvalue weighted by Gasteiger charge is 1.98. The minimum absolute atomic E-state index is 0.00213. The zero-order valence-corrected chi connectivity index (χ0v) is 5.87. The van der Waals surface area contributed by atoms with Gasteiger partial charge in [0, 0.05) is 0 Å². The zero-order valence-electron chi connectivity index (χ0n) is 5.87. The summed E-state index contributed by atoms with van der Waals surface area (Å²) >= 11 is 0. The Morgan fingerprint density at radius 1 is 1.82 bits per heavy atom. The molecule has 1 heterocycles. The van der Waals surface area contributed by atoms with Crippen molar-refractivity contribution in [2.24, 2.45) is 5.73 Å². The van der Waals surface area contributed by atoms with Crippen LogP contribution in [-0.4, -0.2) is 27.9 Å². The number of aromatic nitrogens is 3. The average molecular weight is 155 g/mol. The van der Waals surface area contributed by atoms with Gasteiger partial charge in [0.05, 0.1) is 19.3 Å². The van der Waals surface area contributed by atoms with Crippen LogP contribution >= 0.6 is 0 Å². The van der Waals surface area contributed by atoms with Gasteiger partial charge in [-0.1, -0.05) is 0 Å². The molecule has 0 atom stereocenters. The Morgan fingerprint density at radius 3 is 3.18 bits per heavy atom. The van der Waals surface area contributed by atoms with Crippen molar-refractivity contribution in [1.29, 1.82) is 0 Å². The van der Waals surface area contributed by atoms with Crippen LogP contribution in [0.2, 0.25) is 0 Å². The molecule has 0 saturated carbocycles. The molecule has 0 unspecified atom stereocenters. The maximum absolute atomic E-state index is 10.6. The lowest BCUT2D eigenvalue weighted by Gasteiger charge is -1.97.